The highest BCUT2D eigenvalue weighted by molar-refractivity contribution is 6.31. The average molecular weight is 296 g/mol. The van der Waals surface area contributed by atoms with Crippen LogP contribution in [0.15, 0.2) is 18.2 Å². The van der Waals surface area contributed by atoms with Crippen molar-refractivity contribution < 1.29 is 4.39 Å². The van der Waals surface area contributed by atoms with E-state index >= 15 is 0 Å². The summed E-state index contributed by atoms with van der Waals surface area (Å²) in [6, 6.07) is 4.87. The molecule has 0 atom stereocenters. The highest BCUT2D eigenvalue weighted by Crippen LogP contribution is 2.33. The second-order valence-corrected chi connectivity index (χ2v) is 5.52. The lowest BCUT2D eigenvalue weighted by molar-refractivity contribution is 0.616. The highest BCUT2D eigenvalue weighted by Gasteiger charge is 2.20. The molecular weight excluding hydrogens is 277 g/mol. The lowest BCUT2D eigenvalue weighted by atomic mass is 10.1. The second-order valence-electron chi connectivity index (χ2n) is 5.11. The molecule has 108 valence electrons. The molecule has 0 saturated heterocycles. The SMILES string of the molecule is CCCn1c(C(C)C)nc(-c2cccc(Cl)c2F)c1N. The van der Waals surface area contributed by atoms with E-state index in [1.165, 1.54) is 6.07 Å². The van der Waals surface area contributed by atoms with Gasteiger partial charge in [0.15, 0.2) is 5.82 Å². The molecule has 0 fully saturated rings. The first-order valence-electron chi connectivity index (χ1n) is 6.77. The van der Waals surface area contributed by atoms with Gasteiger partial charge in [-0.25, -0.2) is 9.37 Å². The number of aromatic nitrogens is 2. The largest absolute Gasteiger partial charge is 0.383 e. The van der Waals surface area contributed by atoms with Crippen LogP contribution in [0.4, 0.5) is 10.2 Å². The van der Waals surface area contributed by atoms with E-state index in [4.69, 9.17) is 17.3 Å². The van der Waals surface area contributed by atoms with Crippen molar-refractivity contribution in [2.45, 2.75) is 39.7 Å². The molecule has 0 spiro atoms. The Morgan fingerprint density at radius 1 is 1.40 bits per heavy atom. The van der Waals surface area contributed by atoms with Gasteiger partial charge in [-0.2, -0.15) is 0 Å². The third-order valence-electron chi connectivity index (χ3n) is 3.21. The van der Waals surface area contributed by atoms with Crippen molar-refractivity contribution in [2.75, 3.05) is 5.73 Å². The summed E-state index contributed by atoms with van der Waals surface area (Å²) in [5.74, 6) is 1.12. The normalized spacial score (nSPS) is 11.3. The first-order chi connectivity index (χ1) is 9.47. The van der Waals surface area contributed by atoms with E-state index in [-0.39, 0.29) is 10.9 Å². The molecule has 0 radical (unpaired) electrons. The van der Waals surface area contributed by atoms with Crippen LogP contribution in [0.1, 0.15) is 38.9 Å². The molecule has 0 aliphatic carbocycles. The molecule has 0 aliphatic heterocycles. The van der Waals surface area contributed by atoms with Crippen LogP contribution in [-0.4, -0.2) is 9.55 Å². The Labute approximate surface area is 123 Å². The highest BCUT2D eigenvalue weighted by atomic mass is 35.5. The number of rotatable bonds is 4. The van der Waals surface area contributed by atoms with Gasteiger partial charge in [0.25, 0.3) is 0 Å². The van der Waals surface area contributed by atoms with Crippen LogP contribution in [0.5, 0.6) is 0 Å². The van der Waals surface area contributed by atoms with Gasteiger partial charge in [-0.1, -0.05) is 38.4 Å². The molecule has 2 rings (SSSR count). The van der Waals surface area contributed by atoms with Crippen molar-refractivity contribution in [3.05, 3.63) is 34.9 Å². The number of hydrogen-bond donors (Lipinski definition) is 1. The maximum Gasteiger partial charge on any atom is 0.151 e. The van der Waals surface area contributed by atoms with Gasteiger partial charge in [0.1, 0.15) is 17.3 Å². The van der Waals surface area contributed by atoms with Crippen molar-refractivity contribution in [3.63, 3.8) is 0 Å². The van der Waals surface area contributed by atoms with Gasteiger partial charge in [-0.3, -0.25) is 0 Å². The summed E-state index contributed by atoms with van der Waals surface area (Å²) in [7, 11) is 0. The quantitative estimate of drug-likeness (QED) is 0.905. The zero-order valence-electron chi connectivity index (χ0n) is 12.0. The van der Waals surface area contributed by atoms with Gasteiger partial charge < -0.3 is 10.3 Å². The number of halogens is 2. The van der Waals surface area contributed by atoms with Gasteiger partial charge >= 0.3 is 0 Å². The van der Waals surface area contributed by atoms with Crippen LogP contribution in [-0.2, 0) is 6.54 Å². The monoisotopic (exact) mass is 295 g/mol. The number of benzene rings is 1. The maximum absolute atomic E-state index is 14.2. The van der Waals surface area contributed by atoms with Crippen LogP contribution in [0, 0.1) is 5.82 Å². The molecule has 2 aromatic rings. The van der Waals surface area contributed by atoms with Gasteiger partial charge in [0, 0.05) is 18.0 Å². The van der Waals surface area contributed by atoms with Crippen molar-refractivity contribution >= 4 is 17.4 Å². The Bertz CT molecular complexity index is 620. The number of hydrogen-bond acceptors (Lipinski definition) is 2. The Hall–Kier alpha value is -1.55. The molecule has 0 saturated carbocycles. The Morgan fingerprint density at radius 3 is 2.70 bits per heavy atom. The second kappa shape index (κ2) is 5.83. The molecule has 0 unspecified atom stereocenters. The van der Waals surface area contributed by atoms with Crippen LogP contribution in [0.2, 0.25) is 5.02 Å². The summed E-state index contributed by atoms with van der Waals surface area (Å²) in [5.41, 5.74) is 7.00. The zero-order chi connectivity index (χ0) is 14.9. The van der Waals surface area contributed by atoms with E-state index in [1.807, 2.05) is 18.4 Å². The van der Waals surface area contributed by atoms with Crippen molar-refractivity contribution in [1.82, 2.24) is 9.55 Å². The fourth-order valence-corrected chi connectivity index (χ4v) is 2.44. The number of nitrogens with two attached hydrogens (primary N) is 1. The molecule has 5 heteroatoms. The Morgan fingerprint density at radius 2 is 2.10 bits per heavy atom. The fraction of sp³-hybridized carbons (Fsp3) is 0.400. The maximum atomic E-state index is 14.2. The lowest BCUT2D eigenvalue weighted by Gasteiger charge is -2.10. The third-order valence-corrected chi connectivity index (χ3v) is 3.50. The first kappa shape index (κ1) is 14.9. The topological polar surface area (TPSA) is 43.8 Å². The minimum Gasteiger partial charge on any atom is -0.383 e. The van der Waals surface area contributed by atoms with Crippen LogP contribution in [0.25, 0.3) is 11.3 Å². The zero-order valence-corrected chi connectivity index (χ0v) is 12.7. The number of anilines is 1. The molecule has 0 aliphatic rings. The van der Waals surface area contributed by atoms with Crippen LogP contribution in [0.3, 0.4) is 0 Å². The van der Waals surface area contributed by atoms with Crippen molar-refractivity contribution in [2.24, 2.45) is 0 Å². The molecule has 20 heavy (non-hydrogen) atoms. The summed E-state index contributed by atoms with van der Waals surface area (Å²) in [5, 5.41) is 0.0815. The van der Waals surface area contributed by atoms with Gasteiger partial charge in [0.2, 0.25) is 0 Å². The fourth-order valence-electron chi connectivity index (χ4n) is 2.27. The van der Waals surface area contributed by atoms with E-state index in [9.17, 15) is 4.39 Å². The molecule has 1 aromatic carbocycles. The minimum absolute atomic E-state index is 0.0815. The van der Waals surface area contributed by atoms with E-state index in [2.05, 4.69) is 11.9 Å². The predicted molar refractivity (Wildman–Crippen MR) is 81.4 cm³/mol. The summed E-state index contributed by atoms with van der Waals surface area (Å²) in [6.45, 7) is 6.94. The number of nitrogen functional groups attached to an aromatic ring is 1. The van der Waals surface area contributed by atoms with Crippen LogP contribution < -0.4 is 5.73 Å². The van der Waals surface area contributed by atoms with E-state index in [0.29, 0.717) is 17.1 Å². The molecule has 1 heterocycles. The summed E-state index contributed by atoms with van der Waals surface area (Å²) < 4.78 is 16.1. The van der Waals surface area contributed by atoms with Gasteiger partial charge in [0.05, 0.1) is 5.02 Å². The third kappa shape index (κ3) is 2.52. The summed E-state index contributed by atoms with van der Waals surface area (Å²) in [4.78, 5) is 4.54. The minimum atomic E-state index is -0.475. The van der Waals surface area contributed by atoms with E-state index < -0.39 is 5.82 Å². The summed E-state index contributed by atoms with van der Waals surface area (Å²) in [6.07, 6.45) is 0.942. The number of imidazole rings is 1. The van der Waals surface area contributed by atoms with Crippen LogP contribution >= 0.6 is 11.6 Å². The molecule has 1 aromatic heterocycles. The molecule has 0 amide bonds. The smallest absolute Gasteiger partial charge is 0.151 e. The Kier molecular flexibility index (Phi) is 4.33. The van der Waals surface area contributed by atoms with E-state index in [0.717, 1.165) is 18.8 Å². The molecule has 2 N–H and O–H groups in total. The predicted octanol–water partition coefficient (Wildman–Crippen LogP) is 4.46. The van der Waals surface area contributed by atoms with Crippen molar-refractivity contribution in [1.29, 1.82) is 0 Å². The molecule has 0 bridgehead atoms. The van der Waals surface area contributed by atoms with E-state index in [1.54, 1.807) is 12.1 Å². The lowest BCUT2D eigenvalue weighted by Crippen LogP contribution is -2.08. The summed E-state index contributed by atoms with van der Waals surface area (Å²) >= 11 is 5.84. The number of nitrogens with zero attached hydrogens (tertiary/aromatic N) is 2. The van der Waals surface area contributed by atoms with Gasteiger partial charge in [-0.05, 0) is 18.6 Å². The standard InChI is InChI=1S/C15H19ClFN3/c1-4-8-20-14(18)13(19-15(20)9(2)3)10-6-5-7-11(16)12(10)17/h5-7,9H,4,8,18H2,1-3H3. The molecule has 3 nitrogen and oxygen atoms in total. The van der Waals surface area contributed by atoms with Crippen molar-refractivity contribution in [3.8, 4) is 11.3 Å². The Balaban J connectivity index is 2.63. The molecular formula is C15H19ClFN3. The average Bonchev–Trinajstić information content (AvgIpc) is 2.72. The van der Waals surface area contributed by atoms with Gasteiger partial charge in [-0.15, -0.1) is 0 Å². The first-order valence-corrected chi connectivity index (χ1v) is 7.15.